The molecule has 0 unspecified atom stereocenters. The number of alkyl halides is 4. The molecule has 0 heterocycles. The molecule has 41 heavy (non-hydrogen) atoms. The summed E-state index contributed by atoms with van der Waals surface area (Å²) in [5, 5.41) is 0. The molecule has 8 heteroatoms. The van der Waals surface area contributed by atoms with Gasteiger partial charge in [0.15, 0.2) is 0 Å². The first-order valence-corrected chi connectivity index (χ1v) is 15.2. The predicted molar refractivity (Wildman–Crippen MR) is 171 cm³/mol. The fraction of sp³-hybridized carbons (Fsp3) is 0.273. The Bertz CT molecular complexity index is 1210. The van der Waals surface area contributed by atoms with E-state index in [0.717, 1.165) is 39.1 Å². The van der Waals surface area contributed by atoms with Crippen molar-refractivity contribution in [3.05, 3.63) is 125 Å². The average molecular weight is 636 g/mol. The van der Waals surface area contributed by atoms with E-state index in [1.165, 1.54) is 0 Å². The molecule has 0 aliphatic heterocycles. The third-order valence-electron chi connectivity index (χ3n) is 5.85. The largest absolute Gasteiger partial charge is 0.490 e. The minimum atomic E-state index is 0.327. The van der Waals surface area contributed by atoms with Crippen molar-refractivity contribution < 1.29 is 18.9 Å². The summed E-state index contributed by atoms with van der Waals surface area (Å²) in [6.45, 7) is 7.08. The maximum absolute atomic E-state index is 6.12. The lowest BCUT2D eigenvalue weighted by atomic mass is 10.1. The van der Waals surface area contributed by atoms with Crippen LogP contribution in [-0.2, 0) is 41.5 Å². The Kier molecular flexibility index (Phi) is 14.3. The first kappa shape index (κ1) is 32.8. The van der Waals surface area contributed by atoms with Gasteiger partial charge in [-0.1, -0.05) is 18.7 Å². The van der Waals surface area contributed by atoms with Crippen LogP contribution in [0.25, 0.3) is 0 Å². The molecule has 218 valence electrons. The van der Waals surface area contributed by atoms with Crippen LogP contribution in [0.5, 0.6) is 17.2 Å². The highest BCUT2D eigenvalue weighted by Crippen LogP contribution is 2.25. The van der Waals surface area contributed by atoms with Crippen molar-refractivity contribution in [1.29, 1.82) is 0 Å². The maximum Gasteiger partial charge on any atom is 0.120 e. The Balaban J connectivity index is 1.75. The van der Waals surface area contributed by atoms with Gasteiger partial charge in [-0.25, -0.2) is 0 Å². The molecular weight excluding hydrogens is 602 g/mol. The summed E-state index contributed by atoms with van der Waals surface area (Å²) >= 11 is 24.2. The summed E-state index contributed by atoms with van der Waals surface area (Å²) in [7, 11) is 0. The summed E-state index contributed by atoms with van der Waals surface area (Å²) in [5.74, 6) is 4.36. The number of hydrogen-bond acceptors (Lipinski definition) is 4. The second-order valence-electron chi connectivity index (χ2n) is 9.06. The molecule has 0 N–H and O–H groups in total. The number of benzene rings is 3. The van der Waals surface area contributed by atoms with E-state index in [1.807, 2.05) is 79.7 Å². The van der Waals surface area contributed by atoms with Gasteiger partial charge in [0.05, 0.1) is 0 Å². The van der Waals surface area contributed by atoms with E-state index < -0.39 is 0 Å². The Morgan fingerprint density at radius 3 is 1.39 bits per heavy atom. The Morgan fingerprint density at radius 1 is 0.585 bits per heavy atom. The molecule has 3 rings (SSSR count). The molecule has 0 aliphatic rings. The van der Waals surface area contributed by atoms with Crippen LogP contribution in [0.2, 0.25) is 0 Å². The van der Waals surface area contributed by atoms with E-state index >= 15 is 0 Å². The standard InChI is InChI=1S/C33H34Cl4O4/c1-3-30(4-2)38-7-5-6-8-39-31-16-28(22-40-32-12-24(18-34)9-25(13-32)19-35)11-29(17-31)23-41-33-14-26(20-36)10-27(15-33)21-37/h3-6,9-17H,1,7-8,18-23H2,2H3/b6-5-,30-4+. The Hall–Kier alpha value is -2.76. The first-order chi connectivity index (χ1) is 20.0. The van der Waals surface area contributed by atoms with Crippen molar-refractivity contribution in [2.75, 3.05) is 13.2 Å². The van der Waals surface area contributed by atoms with Crippen LogP contribution in [0.1, 0.15) is 40.3 Å². The van der Waals surface area contributed by atoms with Crippen LogP contribution in [-0.4, -0.2) is 13.2 Å². The fourth-order valence-corrected chi connectivity index (χ4v) is 4.55. The highest BCUT2D eigenvalue weighted by molar-refractivity contribution is 6.18. The van der Waals surface area contributed by atoms with Gasteiger partial charge in [0.1, 0.15) is 49.4 Å². The van der Waals surface area contributed by atoms with E-state index in [9.17, 15) is 0 Å². The molecule has 0 spiro atoms. The minimum Gasteiger partial charge on any atom is -0.490 e. The van der Waals surface area contributed by atoms with Crippen LogP contribution >= 0.6 is 46.4 Å². The van der Waals surface area contributed by atoms with Crippen molar-refractivity contribution in [2.45, 2.75) is 43.7 Å². The van der Waals surface area contributed by atoms with Gasteiger partial charge >= 0.3 is 0 Å². The number of hydrogen-bond donors (Lipinski definition) is 0. The molecule has 3 aromatic carbocycles. The van der Waals surface area contributed by atoms with Crippen molar-refractivity contribution in [3.63, 3.8) is 0 Å². The van der Waals surface area contributed by atoms with Gasteiger partial charge in [0.25, 0.3) is 0 Å². The molecule has 0 bridgehead atoms. The Labute approximate surface area is 263 Å². The molecule has 0 aromatic heterocycles. The lowest BCUT2D eigenvalue weighted by Gasteiger charge is -2.14. The topological polar surface area (TPSA) is 36.9 Å². The van der Waals surface area contributed by atoms with E-state index in [1.54, 1.807) is 6.08 Å². The second-order valence-corrected chi connectivity index (χ2v) is 10.1. The molecular formula is C33H34Cl4O4. The van der Waals surface area contributed by atoms with E-state index in [2.05, 4.69) is 6.58 Å². The normalized spacial score (nSPS) is 11.5. The summed E-state index contributed by atoms with van der Waals surface area (Å²) < 4.78 is 23.9. The average Bonchev–Trinajstić information content (AvgIpc) is 3.02. The van der Waals surface area contributed by atoms with Gasteiger partial charge < -0.3 is 18.9 Å². The van der Waals surface area contributed by atoms with Gasteiger partial charge in [-0.15, -0.1) is 46.4 Å². The molecule has 0 aliphatic carbocycles. The van der Waals surface area contributed by atoms with Crippen molar-refractivity contribution in [2.24, 2.45) is 0 Å². The third-order valence-corrected chi connectivity index (χ3v) is 7.09. The second kappa shape index (κ2) is 17.9. The van der Waals surface area contributed by atoms with Crippen LogP contribution < -0.4 is 14.2 Å². The number of halogens is 4. The van der Waals surface area contributed by atoms with Crippen molar-refractivity contribution in [1.82, 2.24) is 0 Å². The highest BCUT2D eigenvalue weighted by atomic mass is 35.5. The first-order valence-electron chi connectivity index (χ1n) is 13.1. The van der Waals surface area contributed by atoms with Crippen LogP contribution in [0.15, 0.2) is 91.2 Å². The molecule has 4 nitrogen and oxygen atoms in total. The predicted octanol–water partition coefficient (Wildman–Crippen LogP) is 9.84. The SMILES string of the molecule is C=C/C(=C\C)OC/C=C\COc1cc(COc2cc(CCl)cc(CCl)c2)cc(COc2cc(CCl)cc(CCl)c2)c1. The zero-order chi connectivity index (χ0) is 29.5. The molecule has 0 amide bonds. The zero-order valence-electron chi connectivity index (χ0n) is 23.0. The van der Waals surface area contributed by atoms with Crippen LogP contribution in [0.4, 0.5) is 0 Å². The molecule has 0 atom stereocenters. The summed E-state index contributed by atoms with van der Waals surface area (Å²) in [6.07, 6.45) is 7.35. The molecule has 0 fully saturated rings. The van der Waals surface area contributed by atoms with E-state index in [4.69, 9.17) is 65.4 Å². The van der Waals surface area contributed by atoms with Gasteiger partial charge in [0, 0.05) is 23.5 Å². The molecule has 0 saturated heterocycles. The number of ether oxygens (including phenoxy) is 4. The molecule has 0 saturated carbocycles. The van der Waals surface area contributed by atoms with E-state index in [0.29, 0.717) is 67.2 Å². The summed E-state index contributed by atoms with van der Waals surface area (Å²) in [6, 6.07) is 17.6. The molecule has 3 aromatic rings. The number of allylic oxidation sites excluding steroid dienone is 2. The zero-order valence-corrected chi connectivity index (χ0v) is 26.0. The minimum absolute atomic E-state index is 0.327. The lowest BCUT2D eigenvalue weighted by Crippen LogP contribution is -2.03. The fourth-order valence-electron chi connectivity index (χ4n) is 3.93. The monoisotopic (exact) mass is 634 g/mol. The van der Waals surface area contributed by atoms with Gasteiger partial charge in [-0.2, -0.15) is 0 Å². The van der Waals surface area contributed by atoms with Gasteiger partial charge in [-0.05, 0) is 107 Å². The molecule has 0 radical (unpaired) electrons. The van der Waals surface area contributed by atoms with Crippen LogP contribution in [0, 0.1) is 0 Å². The third kappa shape index (κ3) is 11.2. The highest BCUT2D eigenvalue weighted by Gasteiger charge is 2.08. The number of rotatable bonds is 17. The lowest BCUT2D eigenvalue weighted by molar-refractivity contribution is 0.260. The van der Waals surface area contributed by atoms with Crippen molar-refractivity contribution in [3.8, 4) is 17.2 Å². The van der Waals surface area contributed by atoms with Gasteiger partial charge in [0.2, 0.25) is 0 Å². The van der Waals surface area contributed by atoms with Crippen molar-refractivity contribution >= 4 is 46.4 Å². The summed E-state index contributed by atoms with van der Waals surface area (Å²) in [5.41, 5.74) is 5.66. The maximum atomic E-state index is 6.12. The Morgan fingerprint density at radius 2 is 0.976 bits per heavy atom. The summed E-state index contributed by atoms with van der Waals surface area (Å²) in [4.78, 5) is 0. The smallest absolute Gasteiger partial charge is 0.120 e. The quantitative estimate of drug-likeness (QED) is 0.0640. The van der Waals surface area contributed by atoms with Gasteiger partial charge in [-0.3, -0.25) is 0 Å². The van der Waals surface area contributed by atoms with Crippen LogP contribution in [0.3, 0.4) is 0 Å². The van der Waals surface area contributed by atoms with E-state index in [-0.39, 0.29) is 0 Å².